The van der Waals surface area contributed by atoms with E-state index in [1.807, 2.05) is 0 Å². The van der Waals surface area contributed by atoms with Crippen LogP contribution < -0.4 is 10.6 Å². The normalized spacial score (nSPS) is 11.3. The van der Waals surface area contributed by atoms with Crippen LogP contribution in [0.25, 0.3) is 16.9 Å². The number of amides is 2. The number of anilines is 1. The van der Waals surface area contributed by atoms with Crippen LogP contribution in [0.2, 0.25) is 0 Å². The summed E-state index contributed by atoms with van der Waals surface area (Å²) in [5, 5.41) is 4.10. The molecule has 1 aromatic carbocycles. The number of hydrogen-bond donors (Lipinski definition) is 2. The lowest BCUT2D eigenvalue weighted by atomic mass is 10.1. The molecule has 0 aliphatic heterocycles. The van der Waals surface area contributed by atoms with Crippen molar-refractivity contribution in [3.05, 3.63) is 54.4 Å². The number of rotatable bonds is 4. The van der Waals surface area contributed by atoms with Gasteiger partial charge in [0.05, 0.1) is 24.6 Å². The topological polar surface area (TPSA) is 84.7 Å². The molecule has 2 aromatic heterocycles. The molecule has 3 aromatic rings. The molecule has 2 N–H and O–H groups in total. The Morgan fingerprint density at radius 3 is 2.71 bits per heavy atom. The lowest BCUT2D eigenvalue weighted by Crippen LogP contribution is -2.36. The highest BCUT2D eigenvalue weighted by Gasteiger charge is 2.27. The summed E-state index contributed by atoms with van der Waals surface area (Å²) < 4.78 is 42.9. The lowest BCUT2D eigenvalue weighted by Gasteiger charge is -2.10. The fraction of sp³-hybridized carbons (Fsp3) is 0.167. The minimum Gasteiger partial charge on any atom is -0.465 e. The maximum absolute atomic E-state index is 12.2. The van der Waals surface area contributed by atoms with E-state index in [1.165, 1.54) is 7.11 Å². The fourth-order valence-corrected chi connectivity index (χ4v) is 2.55. The van der Waals surface area contributed by atoms with Gasteiger partial charge in [0.1, 0.15) is 12.2 Å². The van der Waals surface area contributed by atoms with Gasteiger partial charge in [-0.2, -0.15) is 13.2 Å². The number of carbonyl (C=O) groups is 2. The number of hydrogen-bond acceptors (Lipinski definition) is 4. The average Bonchev–Trinajstić information content (AvgIpc) is 3.08. The first-order chi connectivity index (χ1) is 13.3. The first-order valence-corrected chi connectivity index (χ1v) is 8.04. The number of alkyl halides is 3. The summed E-state index contributed by atoms with van der Waals surface area (Å²) in [5.74, 6) is -0.483. The Kier molecular flexibility index (Phi) is 5.21. The third-order valence-corrected chi connectivity index (χ3v) is 3.80. The van der Waals surface area contributed by atoms with E-state index < -0.39 is 24.7 Å². The number of esters is 1. The van der Waals surface area contributed by atoms with Crippen molar-refractivity contribution in [3.63, 3.8) is 0 Å². The second kappa shape index (κ2) is 7.59. The van der Waals surface area contributed by atoms with Gasteiger partial charge in [0.2, 0.25) is 0 Å². The number of aromatic nitrogens is 2. The maximum atomic E-state index is 12.2. The van der Waals surface area contributed by atoms with Gasteiger partial charge in [-0.15, -0.1) is 0 Å². The number of benzene rings is 1. The number of pyridine rings is 1. The summed E-state index contributed by atoms with van der Waals surface area (Å²) in [6.07, 6.45) is -1.25. The SMILES string of the molecule is COC(=O)c1ccn2c(-c3cccc(NC(=O)NCC(F)(F)F)c3)cnc2c1. The highest BCUT2D eigenvalue weighted by Crippen LogP contribution is 2.24. The van der Waals surface area contributed by atoms with E-state index in [0.29, 0.717) is 28.2 Å². The van der Waals surface area contributed by atoms with Crippen LogP contribution in [0.5, 0.6) is 0 Å². The second-order valence-corrected chi connectivity index (χ2v) is 5.78. The van der Waals surface area contributed by atoms with Crippen LogP contribution in [0.1, 0.15) is 10.4 Å². The number of nitrogens with zero attached hydrogens (tertiary/aromatic N) is 2. The number of halogens is 3. The number of nitrogens with one attached hydrogen (secondary N) is 2. The van der Waals surface area contributed by atoms with E-state index in [2.05, 4.69) is 15.0 Å². The number of imidazole rings is 1. The summed E-state index contributed by atoms with van der Waals surface area (Å²) in [4.78, 5) is 27.5. The molecular weight excluding hydrogens is 377 g/mol. The third kappa shape index (κ3) is 4.40. The molecule has 3 rings (SSSR count). The Morgan fingerprint density at radius 1 is 1.21 bits per heavy atom. The van der Waals surface area contributed by atoms with Crippen molar-refractivity contribution in [1.29, 1.82) is 0 Å². The molecule has 0 saturated carbocycles. The molecular formula is C18H15F3N4O3. The van der Waals surface area contributed by atoms with Gasteiger partial charge >= 0.3 is 18.2 Å². The van der Waals surface area contributed by atoms with Crippen LogP contribution in [0.3, 0.4) is 0 Å². The highest BCUT2D eigenvalue weighted by molar-refractivity contribution is 5.91. The molecule has 0 saturated heterocycles. The van der Waals surface area contributed by atoms with Gasteiger partial charge < -0.3 is 15.4 Å². The predicted octanol–water partition coefficient (Wildman–Crippen LogP) is 3.47. The molecule has 0 unspecified atom stereocenters. The van der Waals surface area contributed by atoms with Crippen molar-refractivity contribution >= 4 is 23.3 Å². The molecule has 0 radical (unpaired) electrons. The van der Waals surface area contributed by atoms with Crippen LogP contribution in [0, 0.1) is 0 Å². The standard InChI is InChI=1S/C18H15F3N4O3/c1-28-16(26)12-5-6-25-14(9-22-15(25)8-12)11-3-2-4-13(7-11)24-17(27)23-10-18(19,20)21/h2-9H,10H2,1H3,(H2,23,24,27). The predicted molar refractivity (Wildman–Crippen MR) is 95.0 cm³/mol. The van der Waals surface area contributed by atoms with Crippen LogP contribution in [0.4, 0.5) is 23.7 Å². The fourth-order valence-electron chi connectivity index (χ4n) is 2.55. The Balaban J connectivity index is 1.82. The van der Waals surface area contributed by atoms with Gasteiger partial charge in [-0.05, 0) is 24.3 Å². The summed E-state index contributed by atoms with van der Waals surface area (Å²) >= 11 is 0. The van der Waals surface area contributed by atoms with Crippen molar-refractivity contribution in [2.24, 2.45) is 0 Å². The minimum atomic E-state index is -4.49. The number of fused-ring (bicyclic) bond motifs is 1. The molecule has 0 aliphatic rings. The second-order valence-electron chi connectivity index (χ2n) is 5.78. The summed E-state index contributed by atoms with van der Waals surface area (Å²) in [6, 6.07) is 8.75. The molecule has 0 bridgehead atoms. The largest absolute Gasteiger partial charge is 0.465 e. The monoisotopic (exact) mass is 392 g/mol. The van der Waals surface area contributed by atoms with Crippen LogP contribution in [-0.4, -0.2) is 41.2 Å². The van der Waals surface area contributed by atoms with E-state index in [0.717, 1.165) is 0 Å². The zero-order valence-electron chi connectivity index (χ0n) is 14.6. The summed E-state index contributed by atoms with van der Waals surface area (Å²) in [7, 11) is 1.28. The molecule has 146 valence electrons. The Labute approximate surface area is 157 Å². The molecule has 0 spiro atoms. The summed E-state index contributed by atoms with van der Waals surface area (Å²) in [5.41, 5.74) is 2.53. The van der Waals surface area contributed by atoms with Gasteiger partial charge in [-0.1, -0.05) is 12.1 Å². The van der Waals surface area contributed by atoms with E-state index in [9.17, 15) is 22.8 Å². The number of methoxy groups -OCH3 is 1. The zero-order chi connectivity index (χ0) is 20.3. The molecule has 7 nitrogen and oxygen atoms in total. The Hall–Kier alpha value is -3.56. The molecule has 28 heavy (non-hydrogen) atoms. The molecule has 0 atom stereocenters. The highest BCUT2D eigenvalue weighted by atomic mass is 19.4. The quantitative estimate of drug-likeness (QED) is 0.666. The summed E-state index contributed by atoms with van der Waals surface area (Å²) in [6.45, 7) is -1.42. The lowest BCUT2D eigenvalue weighted by molar-refractivity contribution is -0.122. The van der Waals surface area contributed by atoms with Gasteiger partial charge in [-0.3, -0.25) is 4.40 Å². The number of carbonyl (C=O) groups excluding carboxylic acids is 2. The van der Waals surface area contributed by atoms with E-state index in [1.54, 1.807) is 58.5 Å². The van der Waals surface area contributed by atoms with Gasteiger partial charge in [-0.25, -0.2) is 14.6 Å². The third-order valence-electron chi connectivity index (χ3n) is 3.80. The van der Waals surface area contributed by atoms with E-state index in [4.69, 9.17) is 0 Å². The van der Waals surface area contributed by atoms with Crippen molar-refractivity contribution < 1.29 is 27.5 Å². The Bertz CT molecular complexity index is 1030. The van der Waals surface area contributed by atoms with Crippen LogP contribution in [-0.2, 0) is 4.74 Å². The maximum Gasteiger partial charge on any atom is 0.405 e. The van der Waals surface area contributed by atoms with Crippen LogP contribution >= 0.6 is 0 Å². The van der Waals surface area contributed by atoms with Crippen molar-refractivity contribution in [2.45, 2.75) is 6.18 Å². The van der Waals surface area contributed by atoms with Crippen molar-refractivity contribution in [2.75, 3.05) is 19.0 Å². The Morgan fingerprint density at radius 2 is 2.00 bits per heavy atom. The van der Waals surface area contributed by atoms with Crippen LogP contribution in [0.15, 0.2) is 48.8 Å². The van der Waals surface area contributed by atoms with Gasteiger partial charge in [0.25, 0.3) is 0 Å². The molecule has 0 aliphatic carbocycles. The first-order valence-electron chi connectivity index (χ1n) is 8.04. The number of ether oxygens (including phenoxy) is 1. The first kappa shape index (κ1) is 19.2. The van der Waals surface area contributed by atoms with Gasteiger partial charge in [0.15, 0.2) is 0 Å². The molecule has 0 fully saturated rings. The van der Waals surface area contributed by atoms with E-state index >= 15 is 0 Å². The molecule has 2 amide bonds. The van der Waals surface area contributed by atoms with Gasteiger partial charge in [0, 0.05) is 17.4 Å². The van der Waals surface area contributed by atoms with Crippen molar-refractivity contribution in [3.8, 4) is 11.3 Å². The van der Waals surface area contributed by atoms with Crippen molar-refractivity contribution in [1.82, 2.24) is 14.7 Å². The van der Waals surface area contributed by atoms with E-state index in [-0.39, 0.29) is 0 Å². The zero-order valence-corrected chi connectivity index (χ0v) is 14.6. The molecule has 10 heteroatoms. The number of urea groups is 1. The average molecular weight is 392 g/mol. The minimum absolute atomic E-state index is 0.318. The smallest absolute Gasteiger partial charge is 0.405 e. The molecule has 2 heterocycles.